The van der Waals surface area contributed by atoms with Gasteiger partial charge in [-0.05, 0) is 12.5 Å². The predicted octanol–water partition coefficient (Wildman–Crippen LogP) is 1.19. The molecule has 0 aliphatic rings. The third-order valence-corrected chi connectivity index (χ3v) is 2.05. The number of aryl methyl sites for hydroxylation is 1. The topological polar surface area (TPSA) is 61.8 Å². The van der Waals surface area contributed by atoms with E-state index >= 15 is 0 Å². The van der Waals surface area contributed by atoms with Gasteiger partial charge in [0.25, 0.3) is 0 Å². The van der Waals surface area contributed by atoms with Gasteiger partial charge in [-0.25, -0.2) is 0 Å². The molecule has 0 aromatic carbocycles. The van der Waals surface area contributed by atoms with Crippen LogP contribution in [0.5, 0.6) is 0 Å². The number of pyridine rings is 1. The normalized spacial score (nSPS) is 12.7. The molecule has 0 aliphatic carbocycles. The second kappa shape index (κ2) is 3.59. The highest BCUT2D eigenvalue weighted by Crippen LogP contribution is 2.20. The highest BCUT2D eigenvalue weighted by molar-refractivity contribution is 5.26. The molecule has 2 N–H and O–H groups in total. The van der Waals surface area contributed by atoms with Crippen molar-refractivity contribution in [2.24, 2.45) is 0 Å². The Morgan fingerprint density at radius 2 is 2.14 bits per heavy atom. The third-order valence-electron chi connectivity index (χ3n) is 2.05. The lowest BCUT2D eigenvalue weighted by Crippen LogP contribution is -1.99. The average Bonchev–Trinajstić information content (AvgIpc) is 2.69. The van der Waals surface area contributed by atoms with E-state index in [1.165, 1.54) is 0 Å². The average molecular weight is 189 g/mol. The summed E-state index contributed by atoms with van der Waals surface area (Å²) in [7, 11) is 0. The van der Waals surface area contributed by atoms with Gasteiger partial charge >= 0.3 is 0 Å². The van der Waals surface area contributed by atoms with Crippen LogP contribution in [0.1, 0.15) is 22.8 Å². The van der Waals surface area contributed by atoms with Crippen molar-refractivity contribution in [3.05, 3.63) is 47.5 Å². The summed E-state index contributed by atoms with van der Waals surface area (Å²) < 4.78 is 0. The summed E-state index contributed by atoms with van der Waals surface area (Å²) in [5.41, 5.74) is 2.56. The van der Waals surface area contributed by atoms with Crippen LogP contribution < -0.4 is 0 Å². The summed E-state index contributed by atoms with van der Waals surface area (Å²) in [6.45, 7) is 1.94. The van der Waals surface area contributed by atoms with Crippen molar-refractivity contribution in [2.75, 3.05) is 0 Å². The molecular weight excluding hydrogens is 178 g/mol. The minimum Gasteiger partial charge on any atom is -0.383 e. The van der Waals surface area contributed by atoms with Crippen LogP contribution in [-0.2, 0) is 0 Å². The predicted molar refractivity (Wildman–Crippen MR) is 51.6 cm³/mol. The summed E-state index contributed by atoms with van der Waals surface area (Å²) in [6.07, 6.45) is 6.04. The summed E-state index contributed by atoms with van der Waals surface area (Å²) in [5.74, 6) is 0. The van der Waals surface area contributed by atoms with Gasteiger partial charge in [0.1, 0.15) is 6.10 Å². The number of H-pyrrole nitrogens is 1. The van der Waals surface area contributed by atoms with E-state index in [1.807, 2.05) is 13.0 Å². The number of aromatic amines is 1. The van der Waals surface area contributed by atoms with Crippen LogP contribution >= 0.6 is 0 Å². The monoisotopic (exact) mass is 189 g/mol. The molecule has 14 heavy (non-hydrogen) atoms. The first-order valence-corrected chi connectivity index (χ1v) is 4.35. The maximum absolute atomic E-state index is 9.91. The SMILES string of the molecule is Cc1cncc(C(O)c2cn[nH]c2)c1. The molecule has 0 amide bonds. The minimum atomic E-state index is -0.652. The second-order valence-corrected chi connectivity index (χ2v) is 3.23. The standard InChI is InChI=1S/C10H11N3O/c1-7-2-8(4-11-3-7)10(14)9-5-12-13-6-9/h2-6,10,14H,1H3,(H,12,13). The van der Waals surface area contributed by atoms with E-state index in [9.17, 15) is 5.11 Å². The van der Waals surface area contributed by atoms with E-state index < -0.39 is 6.10 Å². The van der Waals surface area contributed by atoms with Crippen molar-refractivity contribution in [2.45, 2.75) is 13.0 Å². The maximum atomic E-state index is 9.91. The molecule has 72 valence electrons. The zero-order valence-electron chi connectivity index (χ0n) is 7.81. The molecule has 0 fully saturated rings. The van der Waals surface area contributed by atoms with E-state index in [0.29, 0.717) is 0 Å². The van der Waals surface area contributed by atoms with Gasteiger partial charge in [0.15, 0.2) is 0 Å². The van der Waals surface area contributed by atoms with Crippen molar-refractivity contribution >= 4 is 0 Å². The van der Waals surface area contributed by atoms with E-state index in [1.54, 1.807) is 24.8 Å². The fourth-order valence-electron chi connectivity index (χ4n) is 1.33. The Balaban J connectivity index is 2.32. The largest absolute Gasteiger partial charge is 0.383 e. The van der Waals surface area contributed by atoms with Crippen LogP contribution in [0, 0.1) is 6.92 Å². The highest BCUT2D eigenvalue weighted by Gasteiger charge is 2.11. The van der Waals surface area contributed by atoms with E-state index in [2.05, 4.69) is 15.2 Å². The maximum Gasteiger partial charge on any atom is 0.109 e. The van der Waals surface area contributed by atoms with Gasteiger partial charge in [-0.3, -0.25) is 10.1 Å². The van der Waals surface area contributed by atoms with Crippen LogP contribution in [0.2, 0.25) is 0 Å². The van der Waals surface area contributed by atoms with Gasteiger partial charge in [-0.2, -0.15) is 5.10 Å². The number of nitrogens with zero attached hydrogens (tertiary/aromatic N) is 2. The van der Waals surface area contributed by atoms with Crippen LogP contribution in [0.3, 0.4) is 0 Å². The van der Waals surface area contributed by atoms with Crippen LogP contribution in [-0.4, -0.2) is 20.3 Å². The molecule has 0 radical (unpaired) electrons. The molecule has 2 rings (SSSR count). The third kappa shape index (κ3) is 1.65. The minimum absolute atomic E-state index is 0.652. The zero-order chi connectivity index (χ0) is 9.97. The number of hydrogen-bond donors (Lipinski definition) is 2. The lowest BCUT2D eigenvalue weighted by molar-refractivity contribution is 0.220. The molecule has 0 saturated carbocycles. The first-order chi connectivity index (χ1) is 6.77. The Morgan fingerprint density at radius 3 is 2.79 bits per heavy atom. The van der Waals surface area contributed by atoms with Gasteiger partial charge in [-0.1, -0.05) is 6.07 Å². The fourth-order valence-corrected chi connectivity index (χ4v) is 1.33. The molecule has 4 heteroatoms. The Bertz CT molecular complexity index is 411. The molecule has 0 bridgehead atoms. The number of nitrogens with one attached hydrogen (secondary N) is 1. The fraction of sp³-hybridized carbons (Fsp3) is 0.200. The Morgan fingerprint density at radius 1 is 1.29 bits per heavy atom. The molecule has 4 nitrogen and oxygen atoms in total. The van der Waals surface area contributed by atoms with Gasteiger partial charge < -0.3 is 5.11 Å². The van der Waals surface area contributed by atoms with Crippen molar-refractivity contribution in [1.82, 2.24) is 15.2 Å². The number of aliphatic hydroxyl groups is 1. The van der Waals surface area contributed by atoms with Gasteiger partial charge in [0, 0.05) is 29.7 Å². The van der Waals surface area contributed by atoms with Crippen molar-refractivity contribution in [3.8, 4) is 0 Å². The molecule has 2 aromatic heterocycles. The van der Waals surface area contributed by atoms with Crippen molar-refractivity contribution < 1.29 is 5.11 Å². The molecule has 0 saturated heterocycles. The Labute approximate surface area is 81.6 Å². The summed E-state index contributed by atoms with van der Waals surface area (Å²) in [5, 5.41) is 16.4. The summed E-state index contributed by atoms with van der Waals surface area (Å²) >= 11 is 0. The zero-order valence-corrected chi connectivity index (χ0v) is 7.81. The van der Waals surface area contributed by atoms with Crippen LogP contribution in [0.15, 0.2) is 30.9 Å². The van der Waals surface area contributed by atoms with Crippen LogP contribution in [0.25, 0.3) is 0 Å². The number of rotatable bonds is 2. The van der Waals surface area contributed by atoms with Gasteiger partial charge in [0.2, 0.25) is 0 Å². The number of hydrogen-bond acceptors (Lipinski definition) is 3. The quantitative estimate of drug-likeness (QED) is 0.746. The smallest absolute Gasteiger partial charge is 0.109 e. The van der Waals surface area contributed by atoms with E-state index in [4.69, 9.17) is 0 Å². The van der Waals surface area contributed by atoms with E-state index in [-0.39, 0.29) is 0 Å². The van der Waals surface area contributed by atoms with Crippen LogP contribution in [0.4, 0.5) is 0 Å². The second-order valence-electron chi connectivity index (χ2n) is 3.23. The lowest BCUT2D eigenvalue weighted by Gasteiger charge is -2.08. The van der Waals surface area contributed by atoms with E-state index in [0.717, 1.165) is 16.7 Å². The molecular formula is C10H11N3O. The Hall–Kier alpha value is -1.68. The highest BCUT2D eigenvalue weighted by atomic mass is 16.3. The lowest BCUT2D eigenvalue weighted by atomic mass is 10.1. The van der Waals surface area contributed by atoms with Crippen molar-refractivity contribution in [3.63, 3.8) is 0 Å². The summed E-state index contributed by atoms with van der Waals surface area (Å²) in [6, 6.07) is 1.91. The van der Waals surface area contributed by atoms with Gasteiger partial charge in [0.05, 0.1) is 6.20 Å². The molecule has 1 atom stereocenters. The van der Waals surface area contributed by atoms with Gasteiger partial charge in [-0.15, -0.1) is 0 Å². The molecule has 0 aliphatic heterocycles. The summed E-state index contributed by atoms with van der Waals surface area (Å²) in [4.78, 5) is 4.02. The molecule has 0 spiro atoms. The first kappa shape index (κ1) is 8.90. The molecule has 2 heterocycles. The molecule has 2 aromatic rings. The Kier molecular flexibility index (Phi) is 2.28. The first-order valence-electron chi connectivity index (χ1n) is 4.35. The number of aromatic nitrogens is 3. The molecule has 1 unspecified atom stereocenters. The number of aliphatic hydroxyl groups excluding tert-OH is 1. The van der Waals surface area contributed by atoms with Crippen molar-refractivity contribution in [1.29, 1.82) is 0 Å².